The molecule has 0 radical (unpaired) electrons. The molecule has 0 aliphatic carbocycles. The third kappa shape index (κ3) is 6.01. The Morgan fingerprint density at radius 3 is 2.19 bits per heavy atom. The zero-order valence-corrected chi connectivity index (χ0v) is 17.9. The highest BCUT2D eigenvalue weighted by atomic mass is 32.3. The number of aldehydes is 1. The van der Waals surface area contributed by atoms with Gasteiger partial charge in [-0.15, -0.1) is 10.3 Å². The number of carbonyl (C=O) groups is 1. The van der Waals surface area contributed by atoms with E-state index in [1.807, 2.05) is 37.3 Å². The van der Waals surface area contributed by atoms with Crippen LogP contribution in [-0.2, 0) is 4.18 Å². The molecule has 2 aromatic carbocycles. The summed E-state index contributed by atoms with van der Waals surface area (Å²) in [5.41, 5.74) is 1.56. The van der Waals surface area contributed by atoms with Crippen LogP contribution in [0.2, 0.25) is 0 Å². The maximum atomic E-state index is 11.2. The van der Waals surface area contributed by atoms with E-state index in [1.165, 1.54) is 0 Å². The van der Waals surface area contributed by atoms with Crippen LogP contribution in [0.25, 0.3) is 0 Å². The smallest absolute Gasteiger partial charge is 0.153 e. The van der Waals surface area contributed by atoms with Crippen molar-refractivity contribution in [3.63, 3.8) is 0 Å². The normalized spacial score (nSPS) is 12.5. The standard InChI is InChI=1S/C22H30O4S/c1-17-7-12-21(18(15-17)16-23)26-20-10-8-19(9-11-20)24-13-14-25-27(5,6)22(2,3)4/h7-12,15-16H,13-14H2,1-6H3. The SMILES string of the molecule is Cc1ccc(Oc2ccc(OCCOS(C)(C)C(C)(C)C)cc2)c(C=O)c1. The van der Waals surface area contributed by atoms with E-state index in [0.29, 0.717) is 30.3 Å². The molecular formula is C22H30O4S. The lowest BCUT2D eigenvalue weighted by molar-refractivity contribution is 0.112. The Morgan fingerprint density at radius 1 is 0.963 bits per heavy atom. The molecule has 27 heavy (non-hydrogen) atoms. The van der Waals surface area contributed by atoms with E-state index in [9.17, 15) is 4.79 Å². The average Bonchev–Trinajstić information content (AvgIpc) is 2.60. The fraction of sp³-hybridized carbons (Fsp3) is 0.409. The summed E-state index contributed by atoms with van der Waals surface area (Å²) in [7, 11) is -1.13. The summed E-state index contributed by atoms with van der Waals surface area (Å²) in [4.78, 5) is 11.2. The Bertz CT molecular complexity index is 761. The number of benzene rings is 2. The lowest BCUT2D eigenvalue weighted by Gasteiger charge is -2.43. The van der Waals surface area contributed by atoms with Crippen LogP contribution in [0.1, 0.15) is 36.7 Å². The summed E-state index contributed by atoms with van der Waals surface area (Å²) < 4.78 is 17.8. The van der Waals surface area contributed by atoms with E-state index in [4.69, 9.17) is 13.7 Å². The van der Waals surface area contributed by atoms with E-state index in [1.54, 1.807) is 12.1 Å². The van der Waals surface area contributed by atoms with Gasteiger partial charge in [-0.1, -0.05) is 32.4 Å². The number of ether oxygens (including phenoxy) is 2. The molecule has 0 heterocycles. The van der Waals surface area contributed by atoms with Gasteiger partial charge in [-0.25, -0.2) is 0 Å². The predicted octanol–water partition coefficient (Wildman–Crippen LogP) is 5.77. The van der Waals surface area contributed by atoms with Crippen LogP contribution < -0.4 is 9.47 Å². The van der Waals surface area contributed by atoms with Gasteiger partial charge in [0.15, 0.2) is 6.29 Å². The lowest BCUT2D eigenvalue weighted by atomic mass is 10.1. The topological polar surface area (TPSA) is 44.8 Å². The van der Waals surface area contributed by atoms with E-state index < -0.39 is 10.3 Å². The zero-order chi connectivity index (χ0) is 20.1. The van der Waals surface area contributed by atoms with Crippen LogP contribution in [0.4, 0.5) is 0 Å². The van der Waals surface area contributed by atoms with Crippen molar-refractivity contribution >= 4 is 16.6 Å². The fourth-order valence-corrected chi connectivity index (χ4v) is 3.00. The van der Waals surface area contributed by atoms with Crippen LogP contribution in [-0.4, -0.2) is 36.8 Å². The molecule has 2 aromatic rings. The monoisotopic (exact) mass is 390 g/mol. The Kier molecular flexibility index (Phi) is 6.95. The van der Waals surface area contributed by atoms with Crippen molar-refractivity contribution in [2.45, 2.75) is 32.4 Å². The zero-order valence-electron chi connectivity index (χ0n) is 17.1. The molecular weight excluding hydrogens is 360 g/mol. The molecule has 5 heteroatoms. The molecule has 0 aliphatic heterocycles. The summed E-state index contributed by atoms with van der Waals surface area (Å²) in [6, 6.07) is 12.9. The van der Waals surface area contributed by atoms with Gasteiger partial charge in [0.05, 0.1) is 12.2 Å². The molecule has 2 rings (SSSR count). The maximum Gasteiger partial charge on any atom is 0.153 e. The second kappa shape index (κ2) is 8.81. The molecule has 0 atom stereocenters. The number of hydrogen-bond donors (Lipinski definition) is 0. The molecule has 4 nitrogen and oxygen atoms in total. The summed E-state index contributed by atoms with van der Waals surface area (Å²) in [5, 5.41) is 0. The highest BCUT2D eigenvalue weighted by Crippen LogP contribution is 2.53. The Balaban J connectivity index is 1.88. The number of carbonyl (C=O) groups excluding carboxylic acids is 1. The van der Waals surface area contributed by atoms with Crippen LogP contribution in [0.15, 0.2) is 42.5 Å². The molecule has 0 aliphatic rings. The van der Waals surface area contributed by atoms with Crippen molar-refractivity contribution in [1.29, 1.82) is 0 Å². The first-order chi connectivity index (χ1) is 12.6. The van der Waals surface area contributed by atoms with Gasteiger partial charge in [-0.3, -0.25) is 4.79 Å². The Labute approximate surface area is 164 Å². The minimum Gasteiger partial charge on any atom is -0.491 e. The van der Waals surface area contributed by atoms with E-state index in [2.05, 4.69) is 33.3 Å². The van der Waals surface area contributed by atoms with Crippen LogP contribution in [0.5, 0.6) is 17.2 Å². The van der Waals surface area contributed by atoms with E-state index in [-0.39, 0.29) is 4.75 Å². The van der Waals surface area contributed by atoms with Crippen molar-refractivity contribution in [2.24, 2.45) is 0 Å². The fourth-order valence-electron chi connectivity index (χ4n) is 2.16. The first-order valence-corrected chi connectivity index (χ1v) is 11.3. The Morgan fingerprint density at radius 2 is 1.59 bits per heavy atom. The van der Waals surface area contributed by atoms with Gasteiger partial charge >= 0.3 is 0 Å². The molecule has 0 aromatic heterocycles. The van der Waals surface area contributed by atoms with Gasteiger partial charge in [0, 0.05) is 4.75 Å². The minimum atomic E-state index is -1.13. The molecule has 0 fully saturated rings. The van der Waals surface area contributed by atoms with Gasteiger partial charge in [-0.05, 0) is 55.8 Å². The second-order valence-corrected chi connectivity index (χ2v) is 11.7. The van der Waals surface area contributed by atoms with Crippen molar-refractivity contribution < 1.29 is 18.5 Å². The summed E-state index contributed by atoms with van der Waals surface area (Å²) in [5.74, 6) is 1.96. The highest BCUT2D eigenvalue weighted by Gasteiger charge is 2.28. The van der Waals surface area contributed by atoms with Gasteiger partial charge < -0.3 is 13.7 Å². The largest absolute Gasteiger partial charge is 0.491 e. The molecule has 0 saturated carbocycles. The Hall–Kier alpha value is -1.98. The van der Waals surface area contributed by atoms with Crippen molar-refractivity contribution in [3.05, 3.63) is 53.6 Å². The minimum absolute atomic E-state index is 0.141. The molecule has 0 saturated heterocycles. The van der Waals surface area contributed by atoms with E-state index >= 15 is 0 Å². The lowest BCUT2D eigenvalue weighted by Crippen LogP contribution is -2.26. The quantitative estimate of drug-likeness (QED) is 0.424. The van der Waals surface area contributed by atoms with Gasteiger partial charge in [0.2, 0.25) is 0 Å². The third-order valence-electron chi connectivity index (χ3n) is 4.55. The number of hydrogen-bond acceptors (Lipinski definition) is 4. The predicted molar refractivity (Wildman–Crippen MR) is 114 cm³/mol. The third-order valence-corrected chi connectivity index (χ3v) is 8.25. The van der Waals surface area contributed by atoms with Crippen LogP contribution >= 0.6 is 10.3 Å². The molecule has 0 unspecified atom stereocenters. The van der Waals surface area contributed by atoms with Gasteiger partial charge in [0.1, 0.15) is 23.9 Å². The van der Waals surface area contributed by atoms with Crippen molar-refractivity contribution in [2.75, 3.05) is 25.7 Å². The van der Waals surface area contributed by atoms with Gasteiger partial charge in [-0.2, -0.15) is 0 Å². The van der Waals surface area contributed by atoms with Gasteiger partial charge in [0.25, 0.3) is 0 Å². The maximum absolute atomic E-state index is 11.2. The first kappa shape index (κ1) is 21.3. The first-order valence-electron chi connectivity index (χ1n) is 8.96. The summed E-state index contributed by atoms with van der Waals surface area (Å²) in [6.07, 6.45) is 5.16. The number of aryl methyl sites for hydroxylation is 1. The van der Waals surface area contributed by atoms with Crippen LogP contribution in [0, 0.1) is 6.92 Å². The highest BCUT2D eigenvalue weighted by molar-refractivity contribution is 8.29. The molecule has 0 N–H and O–H groups in total. The summed E-state index contributed by atoms with van der Waals surface area (Å²) >= 11 is 0. The molecule has 0 amide bonds. The average molecular weight is 391 g/mol. The summed E-state index contributed by atoms with van der Waals surface area (Å²) in [6.45, 7) is 9.60. The molecule has 0 bridgehead atoms. The van der Waals surface area contributed by atoms with Crippen molar-refractivity contribution in [3.8, 4) is 17.2 Å². The van der Waals surface area contributed by atoms with Crippen LogP contribution in [0.3, 0.4) is 0 Å². The second-order valence-electron chi connectivity index (χ2n) is 7.75. The molecule has 0 spiro atoms. The molecule has 148 valence electrons. The van der Waals surface area contributed by atoms with Crippen molar-refractivity contribution in [1.82, 2.24) is 0 Å². The van der Waals surface area contributed by atoms with E-state index in [0.717, 1.165) is 17.6 Å². The number of rotatable bonds is 8.